The van der Waals surface area contributed by atoms with Crippen LogP contribution >= 0.6 is 0 Å². The molecule has 19 heavy (non-hydrogen) atoms. The van der Waals surface area contributed by atoms with Gasteiger partial charge < -0.3 is 5.32 Å². The Morgan fingerprint density at radius 3 is 2.95 bits per heavy atom. The second kappa shape index (κ2) is 5.98. The van der Waals surface area contributed by atoms with Crippen molar-refractivity contribution in [3.05, 3.63) is 54.2 Å². The highest BCUT2D eigenvalue weighted by Gasteiger charge is 2.20. The summed E-state index contributed by atoms with van der Waals surface area (Å²) in [4.78, 5) is 4.43. The summed E-state index contributed by atoms with van der Waals surface area (Å²) in [5.74, 6) is 0.988. The van der Waals surface area contributed by atoms with Gasteiger partial charge in [-0.05, 0) is 42.6 Å². The van der Waals surface area contributed by atoms with Gasteiger partial charge in [0, 0.05) is 18.3 Å². The van der Waals surface area contributed by atoms with E-state index >= 15 is 0 Å². The molecule has 0 spiro atoms. The van der Waals surface area contributed by atoms with Crippen LogP contribution in [-0.2, 0) is 6.54 Å². The number of benzene rings is 1. The molecule has 97 valence electrons. The second-order valence-corrected chi connectivity index (χ2v) is 5.19. The average molecular weight is 251 g/mol. The summed E-state index contributed by atoms with van der Waals surface area (Å²) in [7, 11) is 0. The van der Waals surface area contributed by atoms with Crippen LogP contribution in [0, 0.1) is 12.0 Å². The molecule has 1 heterocycles. The van der Waals surface area contributed by atoms with Crippen LogP contribution in [0.1, 0.15) is 24.8 Å². The zero-order chi connectivity index (χ0) is 12.9. The molecular formula is C17H19N2. The molecule has 1 radical (unpaired) electrons. The maximum Gasteiger partial charge on any atom is 0.0705 e. The molecule has 2 heteroatoms. The number of rotatable bonds is 6. The molecule has 1 fully saturated rings. The Morgan fingerprint density at radius 2 is 2.16 bits per heavy atom. The van der Waals surface area contributed by atoms with E-state index in [4.69, 9.17) is 0 Å². The maximum atomic E-state index is 4.43. The minimum Gasteiger partial charge on any atom is -0.313 e. The normalized spacial score (nSPS) is 14.5. The van der Waals surface area contributed by atoms with Crippen molar-refractivity contribution in [2.24, 2.45) is 5.92 Å². The summed E-state index contributed by atoms with van der Waals surface area (Å²) in [6, 6.07) is 15.5. The number of pyridine rings is 1. The molecule has 1 N–H and O–H groups in total. The first kappa shape index (κ1) is 12.4. The first-order valence-electron chi connectivity index (χ1n) is 7.05. The van der Waals surface area contributed by atoms with Crippen molar-refractivity contribution in [3.63, 3.8) is 0 Å². The number of nitrogens with one attached hydrogen (secondary N) is 1. The lowest BCUT2D eigenvalue weighted by Gasteiger charge is -2.09. The Labute approximate surface area is 114 Å². The SMILES string of the molecule is [c]1cccc(-c2ccccn2)c1CNCCC1CC1. The molecule has 1 aromatic carbocycles. The number of aromatic nitrogens is 1. The largest absolute Gasteiger partial charge is 0.313 e. The van der Waals surface area contributed by atoms with E-state index in [2.05, 4.69) is 28.5 Å². The Hall–Kier alpha value is -1.67. The van der Waals surface area contributed by atoms with E-state index in [0.717, 1.165) is 24.7 Å². The lowest BCUT2D eigenvalue weighted by Crippen LogP contribution is -2.15. The third kappa shape index (κ3) is 3.42. The third-order valence-corrected chi connectivity index (χ3v) is 3.61. The Bertz CT molecular complexity index is 518. The molecular weight excluding hydrogens is 232 g/mol. The van der Waals surface area contributed by atoms with E-state index in [9.17, 15) is 0 Å². The van der Waals surface area contributed by atoms with Crippen LogP contribution in [0.25, 0.3) is 11.3 Å². The molecule has 0 aliphatic heterocycles. The lowest BCUT2D eigenvalue weighted by molar-refractivity contribution is 0.613. The fourth-order valence-electron chi connectivity index (χ4n) is 2.31. The van der Waals surface area contributed by atoms with E-state index in [0.29, 0.717) is 0 Å². The molecule has 1 aliphatic carbocycles. The average Bonchev–Trinajstić information content (AvgIpc) is 3.29. The van der Waals surface area contributed by atoms with Crippen LogP contribution in [0.2, 0.25) is 0 Å². The maximum absolute atomic E-state index is 4.43. The van der Waals surface area contributed by atoms with E-state index in [1.165, 1.54) is 30.4 Å². The standard InChI is InChI=1S/C17H19N2/c1-2-6-16(17-7-3-4-11-19-17)15(5-1)13-18-12-10-14-8-9-14/h1-4,6-7,11,14,18H,8-10,12-13H2. The highest BCUT2D eigenvalue weighted by molar-refractivity contribution is 5.62. The quantitative estimate of drug-likeness (QED) is 0.795. The van der Waals surface area contributed by atoms with Crippen molar-refractivity contribution in [1.29, 1.82) is 0 Å². The Morgan fingerprint density at radius 1 is 1.21 bits per heavy atom. The van der Waals surface area contributed by atoms with Gasteiger partial charge in [-0.1, -0.05) is 37.1 Å². The number of nitrogens with zero attached hydrogens (tertiary/aromatic N) is 1. The molecule has 0 unspecified atom stereocenters. The summed E-state index contributed by atoms with van der Waals surface area (Å²) in [6.45, 7) is 1.98. The van der Waals surface area contributed by atoms with Crippen LogP contribution in [0.15, 0.2) is 42.6 Å². The van der Waals surface area contributed by atoms with Gasteiger partial charge >= 0.3 is 0 Å². The highest BCUT2D eigenvalue weighted by atomic mass is 14.8. The van der Waals surface area contributed by atoms with Crippen molar-refractivity contribution in [1.82, 2.24) is 10.3 Å². The molecule has 1 aromatic heterocycles. The minimum atomic E-state index is 0.874. The Kier molecular flexibility index (Phi) is 3.89. The fourth-order valence-corrected chi connectivity index (χ4v) is 2.31. The van der Waals surface area contributed by atoms with E-state index in [1.807, 2.05) is 30.5 Å². The van der Waals surface area contributed by atoms with Gasteiger partial charge in [0.2, 0.25) is 0 Å². The van der Waals surface area contributed by atoms with E-state index < -0.39 is 0 Å². The van der Waals surface area contributed by atoms with Crippen LogP contribution in [0.5, 0.6) is 0 Å². The third-order valence-electron chi connectivity index (χ3n) is 3.61. The molecule has 0 bridgehead atoms. The smallest absolute Gasteiger partial charge is 0.0705 e. The van der Waals surface area contributed by atoms with Crippen molar-refractivity contribution >= 4 is 0 Å². The van der Waals surface area contributed by atoms with Crippen LogP contribution in [0.3, 0.4) is 0 Å². The van der Waals surface area contributed by atoms with Crippen molar-refractivity contribution in [3.8, 4) is 11.3 Å². The molecule has 1 aliphatic rings. The van der Waals surface area contributed by atoms with Crippen molar-refractivity contribution in [2.45, 2.75) is 25.8 Å². The van der Waals surface area contributed by atoms with Gasteiger partial charge in [0.05, 0.1) is 5.69 Å². The molecule has 3 rings (SSSR count). The summed E-state index contributed by atoms with van der Waals surface area (Å²) >= 11 is 0. The van der Waals surface area contributed by atoms with Crippen LogP contribution in [0.4, 0.5) is 0 Å². The number of hydrogen-bond acceptors (Lipinski definition) is 2. The number of hydrogen-bond donors (Lipinski definition) is 1. The Balaban J connectivity index is 1.66. The molecule has 2 aromatic rings. The van der Waals surface area contributed by atoms with Gasteiger partial charge in [0.1, 0.15) is 0 Å². The first-order chi connectivity index (χ1) is 9.43. The molecule has 1 saturated carbocycles. The second-order valence-electron chi connectivity index (χ2n) is 5.19. The highest BCUT2D eigenvalue weighted by Crippen LogP contribution is 2.31. The van der Waals surface area contributed by atoms with Gasteiger partial charge in [0.15, 0.2) is 0 Å². The topological polar surface area (TPSA) is 24.9 Å². The zero-order valence-corrected chi connectivity index (χ0v) is 11.1. The predicted octanol–water partition coefficient (Wildman–Crippen LogP) is 3.44. The van der Waals surface area contributed by atoms with Gasteiger partial charge in [-0.15, -0.1) is 0 Å². The minimum absolute atomic E-state index is 0.874. The van der Waals surface area contributed by atoms with E-state index in [1.54, 1.807) is 0 Å². The molecule has 0 atom stereocenters. The monoisotopic (exact) mass is 251 g/mol. The van der Waals surface area contributed by atoms with Gasteiger partial charge in [-0.2, -0.15) is 0 Å². The summed E-state index contributed by atoms with van der Waals surface area (Å²) < 4.78 is 0. The van der Waals surface area contributed by atoms with Gasteiger partial charge in [0.25, 0.3) is 0 Å². The molecule has 0 amide bonds. The summed E-state index contributed by atoms with van der Waals surface area (Å²) in [5, 5.41) is 3.52. The predicted molar refractivity (Wildman–Crippen MR) is 77.6 cm³/mol. The lowest BCUT2D eigenvalue weighted by atomic mass is 10.0. The zero-order valence-electron chi connectivity index (χ0n) is 11.1. The first-order valence-corrected chi connectivity index (χ1v) is 7.05. The summed E-state index contributed by atoms with van der Waals surface area (Å²) in [6.07, 6.45) is 6.01. The summed E-state index contributed by atoms with van der Waals surface area (Å²) in [5.41, 5.74) is 3.41. The van der Waals surface area contributed by atoms with E-state index in [-0.39, 0.29) is 0 Å². The van der Waals surface area contributed by atoms with Crippen LogP contribution in [-0.4, -0.2) is 11.5 Å². The van der Waals surface area contributed by atoms with Gasteiger partial charge in [-0.25, -0.2) is 0 Å². The van der Waals surface area contributed by atoms with Crippen LogP contribution < -0.4 is 5.32 Å². The fraction of sp³-hybridized carbons (Fsp3) is 0.353. The van der Waals surface area contributed by atoms with Crippen molar-refractivity contribution < 1.29 is 0 Å². The van der Waals surface area contributed by atoms with Crippen molar-refractivity contribution in [2.75, 3.05) is 6.54 Å². The molecule has 0 saturated heterocycles. The van der Waals surface area contributed by atoms with Gasteiger partial charge in [-0.3, -0.25) is 4.98 Å². The molecule has 2 nitrogen and oxygen atoms in total.